The molecule has 1 N–H and O–H groups in total. The Hall–Kier alpha value is -2.53. The van der Waals surface area contributed by atoms with E-state index < -0.39 is 0 Å². The minimum atomic E-state index is -0.0743. The number of nitrogens with zero attached hydrogens (tertiary/aromatic N) is 1. The van der Waals surface area contributed by atoms with Crippen LogP contribution in [0.5, 0.6) is 11.5 Å². The molecule has 30 heavy (non-hydrogen) atoms. The van der Waals surface area contributed by atoms with Gasteiger partial charge in [-0.2, -0.15) is 0 Å². The highest BCUT2D eigenvalue weighted by molar-refractivity contribution is 5.79. The number of benzene rings is 2. The predicted molar refractivity (Wildman–Crippen MR) is 120 cm³/mol. The van der Waals surface area contributed by atoms with Crippen LogP contribution >= 0.6 is 0 Å². The lowest BCUT2D eigenvalue weighted by Gasteiger charge is -2.32. The van der Waals surface area contributed by atoms with E-state index in [1.807, 2.05) is 45.0 Å². The van der Waals surface area contributed by atoms with Crippen molar-refractivity contribution in [3.05, 3.63) is 59.7 Å². The Labute approximate surface area is 180 Å². The topological polar surface area (TPSA) is 50.8 Å². The molecule has 0 aromatic heterocycles. The third kappa shape index (κ3) is 5.99. The summed E-state index contributed by atoms with van der Waals surface area (Å²) in [5.74, 6) is 1.70. The van der Waals surface area contributed by atoms with Crippen LogP contribution in [0.3, 0.4) is 0 Å². The van der Waals surface area contributed by atoms with Crippen LogP contribution in [0.1, 0.15) is 50.8 Å². The summed E-state index contributed by atoms with van der Waals surface area (Å²) < 4.78 is 11.4. The van der Waals surface area contributed by atoms with Gasteiger partial charge in [-0.3, -0.25) is 9.69 Å². The molecule has 1 fully saturated rings. The van der Waals surface area contributed by atoms with E-state index in [0.29, 0.717) is 13.2 Å². The Morgan fingerprint density at radius 1 is 1.03 bits per heavy atom. The number of hydrogen-bond donors (Lipinski definition) is 1. The second kappa shape index (κ2) is 11.0. The van der Waals surface area contributed by atoms with Crippen LogP contribution in [0.2, 0.25) is 0 Å². The minimum Gasteiger partial charge on any atom is -0.490 e. The van der Waals surface area contributed by atoms with E-state index in [4.69, 9.17) is 9.47 Å². The zero-order chi connectivity index (χ0) is 21.3. The summed E-state index contributed by atoms with van der Waals surface area (Å²) >= 11 is 0. The summed E-state index contributed by atoms with van der Waals surface area (Å²) in [7, 11) is 0. The van der Waals surface area contributed by atoms with Gasteiger partial charge in [0.1, 0.15) is 0 Å². The molecule has 1 saturated heterocycles. The van der Waals surface area contributed by atoms with E-state index in [2.05, 4.69) is 34.5 Å². The van der Waals surface area contributed by atoms with Crippen LogP contribution in [0, 0.1) is 5.92 Å². The van der Waals surface area contributed by atoms with Crippen molar-refractivity contribution in [1.82, 2.24) is 10.2 Å². The fraction of sp³-hybridized carbons (Fsp3) is 0.480. The Morgan fingerprint density at radius 3 is 2.37 bits per heavy atom. The number of amides is 1. The molecule has 3 rings (SSSR count). The van der Waals surface area contributed by atoms with Gasteiger partial charge in [0.2, 0.25) is 5.91 Å². The van der Waals surface area contributed by atoms with E-state index in [0.717, 1.165) is 49.5 Å². The van der Waals surface area contributed by atoms with Crippen molar-refractivity contribution in [1.29, 1.82) is 0 Å². The van der Waals surface area contributed by atoms with Crippen molar-refractivity contribution in [2.75, 3.05) is 26.3 Å². The van der Waals surface area contributed by atoms with Gasteiger partial charge in [0.05, 0.1) is 19.3 Å². The van der Waals surface area contributed by atoms with Gasteiger partial charge in [0.15, 0.2) is 11.5 Å². The average molecular weight is 411 g/mol. The fourth-order valence-electron chi connectivity index (χ4n) is 3.95. The number of ether oxygens (including phenoxy) is 2. The first-order chi connectivity index (χ1) is 14.6. The van der Waals surface area contributed by atoms with E-state index in [9.17, 15) is 4.79 Å². The molecule has 2 aromatic rings. The molecular weight excluding hydrogens is 376 g/mol. The molecule has 0 radical (unpaired) electrons. The molecule has 5 nitrogen and oxygen atoms in total. The maximum atomic E-state index is 12.8. The second-order valence-electron chi connectivity index (χ2n) is 7.84. The van der Waals surface area contributed by atoms with E-state index in [1.165, 1.54) is 5.56 Å². The maximum Gasteiger partial charge on any atom is 0.223 e. The predicted octanol–water partition coefficient (Wildman–Crippen LogP) is 4.57. The van der Waals surface area contributed by atoms with Crippen molar-refractivity contribution in [3.63, 3.8) is 0 Å². The van der Waals surface area contributed by atoms with Crippen LogP contribution in [0.25, 0.3) is 0 Å². The van der Waals surface area contributed by atoms with Crippen LogP contribution < -0.4 is 14.8 Å². The second-order valence-corrected chi connectivity index (χ2v) is 7.84. The molecule has 1 aliphatic rings. The standard InChI is InChI=1S/C25H34N2O3/c1-4-29-23-12-11-22(17-24(23)30-5-2)19(3)26-25(28)21-13-15-27(16-14-21)18-20-9-7-6-8-10-20/h6-12,17,19,21H,4-5,13-16,18H2,1-3H3,(H,26,28)/t19-/m0/s1. The number of rotatable bonds is 9. The normalized spacial score (nSPS) is 16.1. The summed E-state index contributed by atoms with van der Waals surface area (Å²) in [5.41, 5.74) is 2.35. The van der Waals surface area contributed by atoms with Gasteiger partial charge in [-0.15, -0.1) is 0 Å². The Balaban J connectivity index is 1.52. The molecule has 1 amide bonds. The van der Waals surface area contributed by atoms with E-state index in [-0.39, 0.29) is 17.9 Å². The molecule has 5 heteroatoms. The molecular formula is C25H34N2O3. The minimum absolute atomic E-state index is 0.0743. The molecule has 2 aromatic carbocycles. The highest BCUT2D eigenvalue weighted by atomic mass is 16.5. The number of carbonyl (C=O) groups is 1. The Morgan fingerprint density at radius 2 is 1.70 bits per heavy atom. The lowest BCUT2D eigenvalue weighted by atomic mass is 9.94. The molecule has 0 spiro atoms. The van der Waals surface area contributed by atoms with Gasteiger partial charge in [-0.25, -0.2) is 0 Å². The third-order valence-electron chi connectivity index (χ3n) is 5.63. The van der Waals surface area contributed by atoms with Gasteiger partial charge in [-0.05, 0) is 70.0 Å². The molecule has 0 saturated carbocycles. The smallest absolute Gasteiger partial charge is 0.223 e. The van der Waals surface area contributed by atoms with Gasteiger partial charge >= 0.3 is 0 Å². The van der Waals surface area contributed by atoms with E-state index in [1.54, 1.807) is 0 Å². The van der Waals surface area contributed by atoms with Gasteiger partial charge in [-0.1, -0.05) is 36.4 Å². The number of piperidine rings is 1. The van der Waals surface area contributed by atoms with Gasteiger partial charge in [0.25, 0.3) is 0 Å². The van der Waals surface area contributed by atoms with E-state index >= 15 is 0 Å². The first-order valence-electron chi connectivity index (χ1n) is 11.1. The number of hydrogen-bond acceptors (Lipinski definition) is 4. The first-order valence-corrected chi connectivity index (χ1v) is 11.1. The first kappa shape index (κ1) is 22.2. The molecule has 0 bridgehead atoms. The number of likely N-dealkylation sites (tertiary alicyclic amines) is 1. The lowest BCUT2D eigenvalue weighted by molar-refractivity contribution is -0.127. The van der Waals surface area contributed by atoms with Crippen molar-refractivity contribution in [2.24, 2.45) is 5.92 Å². The van der Waals surface area contributed by atoms with Gasteiger partial charge < -0.3 is 14.8 Å². The lowest BCUT2D eigenvalue weighted by Crippen LogP contribution is -2.40. The zero-order valence-electron chi connectivity index (χ0n) is 18.4. The van der Waals surface area contributed by atoms with Crippen LogP contribution in [0.4, 0.5) is 0 Å². The van der Waals surface area contributed by atoms with Gasteiger partial charge in [0, 0.05) is 12.5 Å². The monoisotopic (exact) mass is 410 g/mol. The average Bonchev–Trinajstić information content (AvgIpc) is 2.76. The molecule has 0 aliphatic carbocycles. The summed E-state index contributed by atoms with van der Waals surface area (Å²) in [6, 6.07) is 16.3. The fourth-order valence-corrected chi connectivity index (χ4v) is 3.95. The van der Waals surface area contributed by atoms with Crippen molar-refractivity contribution < 1.29 is 14.3 Å². The summed E-state index contributed by atoms with van der Waals surface area (Å²) in [6.07, 6.45) is 1.80. The molecule has 1 atom stereocenters. The quantitative estimate of drug-likeness (QED) is 0.658. The summed E-state index contributed by atoms with van der Waals surface area (Å²) in [6.45, 7) is 9.97. The molecule has 1 heterocycles. The molecule has 162 valence electrons. The van der Waals surface area contributed by atoms with Crippen LogP contribution in [-0.4, -0.2) is 37.1 Å². The molecule has 1 aliphatic heterocycles. The largest absolute Gasteiger partial charge is 0.490 e. The number of nitrogens with one attached hydrogen (secondary N) is 1. The maximum absolute atomic E-state index is 12.8. The summed E-state index contributed by atoms with van der Waals surface area (Å²) in [4.78, 5) is 15.3. The highest BCUT2D eigenvalue weighted by Crippen LogP contribution is 2.31. The summed E-state index contributed by atoms with van der Waals surface area (Å²) in [5, 5.41) is 3.20. The Bertz CT molecular complexity index is 801. The highest BCUT2D eigenvalue weighted by Gasteiger charge is 2.26. The van der Waals surface area contributed by atoms with Crippen molar-refractivity contribution in [3.8, 4) is 11.5 Å². The van der Waals surface area contributed by atoms with Crippen LogP contribution in [-0.2, 0) is 11.3 Å². The number of carbonyl (C=O) groups excluding carboxylic acids is 1. The SMILES string of the molecule is CCOc1ccc([C@H](C)NC(=O)C2CCN(Cc3ccccc3)CC2)cc1OCC. The van der Waals surface area contributed by atoms with Crippen molar-refractivity contribution >= 4 is 5.91 Å². The molecule has 0 unspecified atom stereocenters. The zero-order valence-corrected chi connectivity index (χ0v) is 18.4. The Kier molecular flexibility index (Phi) is 8.14. The van der Waals surface area contributed by atoms with Crippen LogP contribution in [0.15, 0.2) is 48.5 Å². The van der Waals surface area contributed by atoms with Crippen molar-refractivity contribution in [2.45, 2.75) is 46.2 Å². The third-order valence-corrected chi connectivity index (χ3v) is 5.63.